The van der Waals surface area contributed by atoms with E-state index in [2.05, 4.69) is 23.1 Å². The van der Waals surface area contributed by atoms with Crippen LogP contribution in [0.2, 0.25) is 0 Å². The van der Waals surface area contributed by atoms with Crippen LogP contribution >= 0.6 is 0 Å². The standard InChI is InChI=1S/C14H18N2O/c17-14-7-4-10-16(14)13-6-3-5-12(11-13)15-8-1-2-9-15/h3,5-6,11H,1-2,4,7-10H2. The van der Waals surface area contributed by atoms with E-state index in [1.165, 1.54) is 18.5 Å². The maximum absolute atomic E-state index is 11.7. The first-order valence-corrected chi connectivity index (χ1v) is 6.50. The molecule has 0 unspecified atom stereocenters. The molecule has 90 valence electrons. The number of anilines is 2. The fourth-order valence-corrected chi connectivity index (χ4v) is 2.75. The highest BCUT2D eigenvalue weighted by molar-refractivity contribution is 5.95. The number of hydrogen-bond acceptors (Lipinski definition) is 2. The van der Waals surface area contributed by atoms with Gasteiger partial charge in [-0.2, -0.15) is 0 Å². The van der Waals surface area contributed by atoms with E-state index in [1.54, 1.807) is 0 Å². The van der Waals surface area contributed by atoms with E-state index in [0.29, 0.717) is 6.42 Å². The van der Waals surface area contributed by atoms with Crippen LogP contribution in [0, 0.1) is 0 Å². The fraction of sp³-hybridized carbons (Fsp3) is 0.500. The highest BCUT2D eigenvalue weighted by Crippen LogP contribution is 2.27. The lowest BCUT2D eigenvalue weighted by Crippen LogP contribution is -2.24. The van der Waals surface area contributed by atoms with E-state index in [-0.39, 0.29) is 5.91 Å². The molecular formula is C14H18N2O. The number of amides is 1. The average molecular weight is 230 g/mol. The van der Waals surface area contributed by atoms with Crippen molar-refractivity contribution >= 4 is 17.3 Å². The molecule has 1 aromatic rings. The smallest absolute Gasteiger partial charge is 0.227 e. The van der Waals surface area contributed by atoms with Crippen molar-refractivity contribution < 1.29 is 4.79 Å². The SMILES string of the molecule is O=C1CCCN1c1cccc(N2CCCC2)c1. The molecule has 0 bridgehead atoms. The number of nitrogens with zero attached hydrogens (tertiary/aromatic N) is 2. The van der Waals surface area contributed by atoms with E-state index < -0.39 is 0 Å². The first kappa shape index (κ1) is 10.6. The minimum Gasteiger partial charge on any atom is -0.371 e. The van der Waals surface area contributed by atoms with Crippen LogP contribution < -0.4 is 9.80 Å². The largest absolute Gasteiger partial charge is 0.371 e. The Morgan fingerprint density at radius 3 is 2.41 bits per heavy atom. The Morgan fingerprint density at radius 2 is 1.71 bits per heavy atom. The topological polar surface area (TPSA) is 23.6 Å². The average Bonchev–Trinajstić information content (AvgIpc) is 2.99. The zero-order chi connectivity index (χ0) is 11.7. The molecule has 1 amide bonds. The molecule has 0 radical (unpaired) electrons. The normalized spacial score (nSPS) is 20.4. The van der Waals surface area contributed by atoms with E-state index in [1.807, 2.05) is 11.0 Å². The van der Waals surface area contributed by atoms with Crippen LogP contribution in [0.5, 0.6) is 0 Å². The molecule has 3 heteroatoms. The lowest BCUT2D eigenvalue weighted by molar-refractivity contribution is -0.117. The van der Waals surface area contributed by atoms with Crippen molar-refractivity contribution in [1.82, 2.24) is 0 Å². The quantitative estimate of drug-likeness (QED) is 0.779. The van der Waals surface area contributed by atoms with Gasteiger partial charge in [0, 0.05) is 37.4 Å². The molecule has 2 heterocycles. The molecule has 3 rings (SSSR count). The Balaban J connectivity index is 1.85. The van der Waals surface area contributed by atoms with E-state index in [9.17, 15) is 4.79 Å². The number of hydrogen-bond donors (Lipinski definition) is 0. The van der Waals surface area contributed by atoms with Crippen molar-refractivity contribution in [3.05, 3.63) is 24.3 Å². The minimum absolute atomic E-state index is 0.267. The monoisotopic (exact) mass is 230 g/mol. The molecule has 2 fully saturated rings. The molecule has 2 aliphatic rings. The van der Waals surface area contributed by atoms with E-state index in [0.717, 1.165) is 31.7 Å². The van der Waals surface area contributed by atoms with Gasteiger partial charge in [0.1, 0.15) is 0 Å². The Labute approximate surface area is 102 Å². The Bertz CT molecular complexity index is 424. The molecule has 0 spiro atoms. The van der Waals surface area contributed by atoms with Crippen molar-refractivity contribution in [2.45, 2.75) is 25.7 Å². The van der Waals surface area contributed by atoms with Crippen LogP contribution in [-0.2, 0) is 4.79 Å². The first-order chi connectivity index (χ1) is 8.34. The third-order valence-electron chi connectivity index (χ3n) is 3.69. The Kier molecular flexibility index (Phi) is 2.75. The van der Waals surface area contributed by atoms with Gasteiger partial charge in [0.05, 0.1) is 0 Å². The number of carbonyl (C=O) groups excluding carboxylic acids is 1. The van der Waals surface area contributed by atoms with Gasteiger partial charge in [-0.3, -0.25) is 4.79 Å². The van der Waals surface area contributed by atoms with Crippen molar-refractivity contribution in [3.63, 3.8) is 0 Å². The van der Waals surface area contributed by atoms with Gasteiger partial charge in [-0.05, 0) is 37.5 Å². The third-order valence-corrected chi connectivity index (χ3v) is 3.69. The Morgan fingerprint density at radius 1 is 0.941 bits per heavy atom. The summed E-state index contributed by atoms with van der Waals surface area (Å²) in [6.07, 6.45) is 4.26. The van der Waals surface area contributed by atoms with Gasteiger partial charge in [-0.25, -0.2) is 0 Å². The summed E-state index contributed by atoms with van der Waals surface area (Å²) in [4.78, 5) is 16.0. The molecule has 2 saturated heterocycles. The zero-order valence-electron chi connectivity index (χ0n) is 10.1. The highest BCUT2D eigenvalue weighted by atomic mass is 16.2. The molecule has 0 aromatic heterocycles. The van der Waals surface area contributed by atoms with Crippen LogP contribution in [0.1, 0.15) is 25.7 Å². The van der Waals surface area contributed by atoms with Gasteiger partial charge in [0.15, 0.2) is 0 Å². The number of carbonyl (C=O) groups is 1. The van der Waals surface area contributed by atoms with Crippen LogP contribution in [0.25, 0.3) is 0 Å². The molecule has 0 atom stereocenters. The lowest BCUT2D eigenvalue weighted by Gasteiger charge is -2.21. The van der Waals surface area contributed by atoms with Crippen molar-refractivity contribution in [3.8, 4) is 0 Å². The van der Waals surface area contributed by atoms with E-state index >= 15 is 0 Å². The molecule has 0 saturated carbocycles. The highest BCUT2D eigenvalue weighted by Gasteiger charge is 2.22. The maximum Gasteiger partial charge on any atom is 0.227 e. The molecule has 2 aliphatic heterocycles. The summed E-state index contributed by atoms with van der Waals surface area (Å²) in [5.74, 6) is 0.267. The minimum atomic E-state index is 0.267. The van der Waals surface area contributed by atoms with Gasteiger partial charge >= 0.3 is 0 Å². The predicted octanol–water partition coefficient (Wildman–Crippen LogP) is 2.41. The molecule has 3 nitrogen and oxygen atoms in total. The summed E-state index contributed by atoms with van der Waals surface area (Å²) in [6, 6.07) is 8.42. The maximum atomic E-state index is 11.7. The molecule has 0 aliphatic carbocycles. The molecular weight excluding hydrogens is 212 g/mol. The second-order valence-electron chi connectivity index (χ2n) is 4.86. The zero-order valence-corrected chi connectivity index (χ0v) is 10.1. The third kappa shape index (κ3) is 2.02. The summed E-state index contributed by atoms with van der Waals surface area (Å²) in [5, 5.41) is 0. The van der Waals surface area contributed by atoms with Gasteiger partial charge < -0.3 is 9.80 Å². The fourth-order valence-electron chi connectivity index (χ4n) is 2.75. The van der Waals surface area contributed by atoms with Crippen LogP contribution in [-0.4, -0.2) is 25.5 Å². The predicted molar refractivity (Wildman–Crippen MR) is 69.5 cm³/mol. The summed E-state index contributed by atoms with van der Waals surface area (Å²) < 4.78 is 0. The molecule has 1 aromatic carbocycles. The summed E-state index contributed by atoms with van der Waals surface area (Å²) in [5.41, 5.74) is 2.33. The van der Waals surface area contributed by atoms with E-state index in [4.69, 9.17) is 0 Å². The van der Waals surface area contributed by atoms with Gasteiger partial charge in [-0.1, -0.05) is 6.07 Å². The van der Waals surface area contributed by atoms with Crippen molar-refractivity contribution in [1.29, 1.82) is 0 Å². The summed E-state index contributed by atoms with van der Waals surface area (Å²) >= 11 is 0. The van der Waals surface area contributed by atoms with Crippen molar-refractivity contribution in [2.24, 2.45) is 0 Å². The second kappa shape index (κ2) is 4.40. The van der Waals surface area contributed by atoms with Crippen molar-refractivity contribution in [2.75, 3.05) is 29.4 Å². The summed E-state index contributed by atoms with van der Waals surface area (Å²) in [7, 11) is 0. The van der Waals surface area contributed by atoms with Gasteiger partial charge in [0.2, 0.25) is 5.91 Å². The number of benzene rings is 1. The molecule has 17 heavy (non-hydrogen) atoms. The molecule has 0 N–H and O–H groups in total. The van der Waals surface area contributed by atoms with Crippen LogP contribution in [0.15, 0.2) is 24.3 Å². The van der Waals surface area contributed by atoms with Crippen LogP contribution in [0.3, 0.4) is 0 Å². The van der Waals surface area contributed by atoms with Gasteiger partial charge in [-0.15, -0.1) is 0 Å². The first-order valence-electron chi connectivity index (χ1n) is 6.50. The second-order valence-corrected chi connectivity index (χ2v) is 4.86. The van der Waals surface area contributed by atoms with Gasteiger partial charge in [0.25, 0.3) is 0 Å². The lowest BCUT2D eigenvalue weighted by atomic mass is 10.2. The Hall–Kier alpha value is -1.51. The summed E-state index contributed by atoms with van der Waals surface area (Å²) in [6.45, 7) is 3.18. The number of rotatable bonds is 2. The van der Waals surface area contributed by atoms with Crippen LogP contribution in [0.4, 0.5) is 11.4 Å².